The molecule has 0 aromatic heterocycles. The third kappa shape index (κ3) is 6.31. The molecule has 6 nitrogen and oxygen atoms in total. The molecular weight excluding hydrogens is 352 g/mol. The number of benzene rings is 1. The van der Waals surface area contributed by atoms with E-state index >= 15 is 0 Å². The van der Waals surface area contributed by atoms with Crippen LogP contribution in [-0.4, -0.2) is 60.9 Å². The van der Waals surface area contributed by atoms with Crippen molar-refractivity contribution in [1.29, 1.82) is 0 Å². The Kier molecular flexibility index (Phi) is 7.86. The van der Waals surface area contributed by atoms with Crippen molar-refractivity contribution in [3.8, 4) is 0 Å². The monoisotopic (exact) mass is 386 g/mol. The van der Waals surface area contributed by atoms with Crippen molar-refractivity contribution in [3.63, 3.8) is 0 Å². The molecule has 0 radical (unpaired) electrons. The second kappa shape index (κ2) is 10.6. The van der Waals surface area contributed by atoms with Crippen LogP contribution in [0.5, 0.6) is 0 Å². The summed E-state index contributed by atoms with van der Waals surface area (Å²) in [6.07, 6.45) is 4.15. The number of rotatable bonds is 8. The molecule has 1 aromatic rings. The Labute approximate surface area is 168 Å². The molecule has 1 saturated heterocycles. The molecular formula is C22H34N4O2. The average Bonchev–Trinajstić information content (AvgIpc) is 3.27. The van der Waals surface area contributed by atoms with E-state index in [1.165, 1.54) is 5.56 Å². The van der Waals surface area contributed by atoms with E-state index in [0.29, 0.717) is 6.54 Å². The maximum absolute atomic E-state index is 12.0. The number of hydrogen-bond donors (Lipinski definition) is 2. The first-order valence-corrected chi connectivity index (χ1v) is 10.7. The second-order valence-electron chi connectivity index (χ2n) is 8.00. The smallest absolute Gasteiger partial charge is 0.239 e. The van der Waals surface area contributed by atoms with Crippen molar-refractivity contribution >= 4 is 11.8 Å². The summed E-state index contributed by atoms with van der Waals surface area (Å²) >= 11 is 0. The highest BCUT2D eigenvalue weighted by molar-refractivity contribution is 5.85. The van der Waals surface area contributed by atoms with E-state index in [4.69, 9.17) is 0 Å². The minimum absolute atomic E-state index is 0.0248. The number of carbonyl (C=O) groups excluding carboxylic acids is 2. The van der Waals surface area contributed by atoms with E-state index in [2.05, 4.69) is 51.6 Å². The van der Waals surface area contributed by atoms with Gasteiger partial charge in [0.05, 0.1) is 6.54 Å². The van der Waals surface area contributed by atoms with Crippen LogP contribution in [-0.2, 0) is 22.7 Å². The van der Waals surface area contributed by atoms with Crippen molar-refractivity contribution in [2.75, 3.05) is 39.3 Å². The second-order valence-corrected chi connectivity index (χ2v) is 8.00. The van der Waals surface area contributed by atoms with E-state index in [1.54, 1.807) is 0 Å². The molecule has 2 fully saturated rings. The van der Waals surface area contributed by atoms with Gasteiger partial charge in [0.25, 0.3) is 0 Å². The zero-order valence-corrected chi connectivity index (χ0v) is 17.1. The molecule has 28 heavy (non-hydrogen) atoms. The predicted octanol–water partition coefficient (Wildman–Crippen LogP) is 1.75. The molecule has 2 amide bonds. The summed E-state index contributed by atoms with van der Waals surface area (Å²) in [6, 6.07) is 8.45. The van der Waals surface area contributed by atoms with Gasteiger partial charge in [0, 0.05) is 45.2 Å². The standard InChI is InChI=1S/C22H34N4O2/c1-2-25-11-13-26(14-12-25)17-19-9-7-18(8-10-19)15-23-21(27)16-24-22(28)20-5-3-4-6-20/h7-10,20H,2-6,11-17H2,1H3,(H,23,27)(H,24,28). The van der Waals surface area contributed by atoms with Crippen LogP contribution in [0, 0.1) is 5.92 Å². The van der Waals surface area contributed by atoms with Crippen LogP contribution in [0.1, 0.15) is 43.7 Å². The van der Waals surface area contributed by atoms with Crippen LogP contribution in [0.2, 0.25) is 0 Å². The summed E-state index contributed by atoms with van der Waals surface area (Å²) in [5, 5.41) is 5.65. The van der Waals surface area contributed by atoms with Crippen molar-refractivity contribution in [2.45, 2.75) is 45.7 Å². The molecule has 2 aliphatic rings. The topological polar surface area (TPSA) is 64.7 Å². The molecule has 1 aliphatic heterocycles. The molecule has 1 aliphatic carbocycles. The normalized spacial score (nSPS) is 18.9. The number of amides is 2. The summed E-state index contributed by atoms with van der Waals surface area (Å²) < 4.78 is 0. The predicted molar refractivity (Wildman–Crippen MR) is 111 cm³/mol. The molecule has 1 saturated carbocycles. The van der Waals surface area contributed by atoms with Crippen molar-refractivity contribution in [1.82, 2.24) is 20.4 Å². The Morgan fingerprint density at radius 2 is 1.54 bits per heavy atom. The summed E-state index contributed by atoms with van der Waals surface area (Å²) in [5.74, 6) is -0.00807. The van der Waals surface area contributed by atoms with Crippen LogP contribution in [0.25, 0.3) is 0 Å². The van der Waals surface area contributed by atoms with Gasteiger partial charge in [-0.25, -0.2) is 0 Å². The lowest BCUT2D eigenvalue weighted by atomic mass is 10.1. The third-order valence-electron chi connectivity index (χ3n) is 5.98. The molecule has 1 heterocycles. The SMILES string of the molecule is CCN1CCN(Cc2ccc(CNC(=O)CNC(=O)C3CCCC3)cc2)CC1. The first kappa shape index (κ1) is 20.8. The van der Waals surface area contributed by atoms with Crippen LogP contribution in [0.15, 0.2) is 24.3 Å². The van der Waals surface area contributed by atoms with Gasteiger partial charge in [-0.05, 0) is 30.5 Å². The molecule has 1 aromatic carbocycles. The summed E-state index contributed by atoms with van der Waals surface area (Å²) in [7, 11) is 0. The number of piperazine rings is 1. The van der Waals surface area contributed by atoms with Crippen LogP contribution in [0.4, 0.5) is 0 Å². The maximum atomic E-state index is 12.0. The quantitative estimate of drug-likeness (QED) is 0.714. The lowest BCUT2D eigenvalue weighted by Gasteiger charge is -2.34. The van der Waals surface area contributed by atoms with Gasteiger partial charge in [0.15, 0.2) is 0 Å². The first-order valence-electron chi connectivity index (χ1n) is 10.7. The fourth-order valence-electron chi connectivity index (χ4n) is 4.05. The highest BCUT2D eigenvalue weighted by Gasteiger charge is 2.22. The first-order chi connectivity index (χ1) is 13.6. The van der Waals surface area contributed by atoms with Crippen molar-refractivity contribution in [3.05, 3.63) is 35.4 Å². The summed E-state index contributed by atoms with van der Waals surface area (Å²) in [4.78, 5) is 28.9. The van der Waals surface area contributed by atoms with Gasteiger partial charge in [-0.1, -0.05) is 44.0 Å². The number of nitrogens with zero attached hydrogens (tertiary/aromatic N) is 2. The third-order valence-corrected chi connectivity index (χ3v) is 5.98. The Bertz CT molecular complexity index is 632. The highest BCUT2D eigenvalue weighted by Crippen LogP contribution is 2.24. The van der Waals surface area contributed by atoms with E-state index in [-0.39, 0.29) is 24.3 Å². The summed E-state index contributed by atoms with van der Waals surface area (Å²) in [5.41, 5.74) is 2.39. The molecule has 0 unspecified atom stereocenters. The fourth-order valence-corrected chi connectivity index (χ4v) is 4.05. The highest BCUT2D eigenvalue weighted by atomic mass is 16.2. The number of carbonyl (C=O) groups is 2. The molecule has 3 rings (SSSR count). The lowest BCUT2D eigenvalue weighted by molar-refractivity contribution is -0.128. The van der Waals surface area contributed by atoms with Crippen molar-refractivity contribution in [2.24, 2.45) is 5.92 Å². The zero-order chi connectivity index (χ0) is 19.8. The Morgan fingerprint density at radius 1 is 0.929 bits per heavy atom. The largest absolute Gasteiger partial charge is 0.350 e. The molecule has 6 heteroatoms. The van der Waals surface area contributed by atoms with Gasteiger partial charge >= 0.3 is 0 Å². The van der Waals surface area contributed by atoms with Gasteiger partial charge < -0.3 is 15.5 Å². The number of likely N-dealkylation sites (N-methyl/N-ethyl adjacent to an activating group) is 1. The lowest BCUT2D eigenvalue weighted by Crippen LogP contribution is -2.45. The average molecular weight is 387 g/mol. The Morgan fingerprint density at radius 3 is 2.18 bits per heavy atom. The molecule has 0 bridgehead atoms. The van der Waals surface area contributed by atoms with Crippen LogP contribution >= 0.6 is 0 Å². The van der Waals surface area contributed by atoms with E-state index in [1.807, 2.05) is 0 Å². The molecule has 0 atom stereocenters. The molecule has 154 valence electrons. The van der Waals surface area contributed by atoms with E-state index < -0.39 is 0 Å². The fraction of sp³-hybridized carbons (Fsp3) is 0.636. The van der Waals surface area contributed by atoms with Crippen LogP contribution in [0.3, 0.4) is 0 Å². The molecule has 0 spiro atoms. The minimum Gasteiger partial charge on any atom is -0.350 e. The number of nitrogens with one attached hydrogen (secondary N) is 2. The maximum Gasteiger partial charge on any atom is 0.239 e. The Balaban J connectivity index is 1.34. The zero-order valence-electron chi connectivity index (χ0n) is 17.1. The van der Waals surface area contributed by atoms with Crippen molar-refractivity contribution < 1.29 is 9.59 Å². The van der Waals surface area contributed by atoms with E-state index in [0.717, 1.165) is 70.5 Å². The Hall–Kier alpha value is -1.92. The van der Waals surface area contributed by atoms with Gasteiger partial charge in [-0.15, -0.1) is 0 Å². The van der Waals surface area contributed by atoms with Crippen LogP contribution < -0.4 is 10.6 Å². The minimum atomic E-state index is -0.135. The molecule has 2 N–H and O–H groups in total. The van der Waals surface area contributed by atoms with E-state index in [9.17, 15) is 9.59 Å². The number of hydrogen-bond acceptors (Lipinski definition) is 4. The summed E-state index contributed by atoms with van der Waals surface area (Å²) in [6.45, 7) is 9.45. The van der Waals surface area contributed by atoms with Gasteiger partial charge in [-0.2, -0.15) is 0 Å². The van der Waals surface area contributed by atoms with Gasteiger partial charge in [-0.3, -0.25) is 14.5 Å². The van der Waals surface area contributed by atoms with Gasteiger partial charge in [0.1, 0.15) is 0 Å². The van der Waals surface area contributed by atoms with Gasteiger partial charge in [0.2, 0.25) is 11.8 Å².